The number of methoxy groups -OCH3 is 1. The van der Waals surface area contributed by atoms with E-state index >= 15 is 0 Å². The van der Waals surface area contributed by atoms with Crippen molar-refractivity contribution in [2.75, 3.05) is 20.3 Å². The number of aliphatic hydroxyl groups excluding tert-OH is 1. The van der Waals surface area contributed by atoms with Gasteiger partial charge in [-0.25, -0.2) is 5.06 Å². The van der Waals surface area contributed by atoms with Crippen LogP contribution >= 0.6 is 0 Å². The predicted molar refractivity (Wildman–Crippen MR) is 60.7 cm³/mol. The van der Waals surface area contributed by atoms with Crippen molar-refractivity contribution in [1.29, 1.82) is 0 Å². The number of carbonyl (C=O) groups excluding carboxylic acids is 1. The minimum Gasteiger partial charge on any atom is -0.496 e. The summed E-state index contributed by atoms with van der Waals surface area (Å²) in [6, 6.07) is 5.21. The van der Waals surface area contributed by atoms with Crippen molar-refractivity contribution in [2.45, 2.75) is 13.0 Å². The smallest absolute Gasteiger partial charge is 0.277 e. The van der Waals surface area contributed by atoms with Crippen LogP contribution in [0.25, 0.3) is 0 Å². The Kier molecular flexibility index (Phi) is 3.31. The van der Waals surface area contributed by atoms with Gasteiger partial charge >= 0.3 is 0 Å². The van der Waals surface area contributed by atoms with E-state index in [-0.39, 0.29) is 19.1 Å². The van der Waals surface area contributed by atoms with Gasteiger partial charge in [-0.3, -0.25) is 9.63 Å². The highest BCUT2D eigenvalue weighted by atomic mass is 16.7. The summed E-state index contributed by atoms with van der Waals surface area (Å²) in [4.78, 5) is 17.1. The van der Waals surface area contributed by atoms with Gasteiger partial charge in [0, 0.05) is 5.56 Å². The van der Waals surface area contributed by atoms with Gasteiger partial charge in [-0.1, -0.05) is 6.07 Å². The normalized spacial score (nSPS) is 19.5. The van der Waals surface area contributed by atoms with Crippen LogP contribution in [-0.2, 0) is 4.84 Å². The average Bonchev–Trinajstić information content (AvgIpc) is 2.75. The summed E-state index contributed by atoms with van der Waals surface area (Å²) in [7, 11) is 1.56. The van der Waals surface area contributed by atoms with Crippen LogP contribution in [0.1, 0.15) is 15.9 Å². The number of rotatable bonds is 2. The topological polar surface area (TPSA) is 59.0 Å². The van der Waals surface area contributed by atoms with Crippen molar-refractivity contribution in [3.63, 3.8) is 0 Å². The second kappa shape index (κ2) is 4.73. The summed E-state index contributed by atoms with van der Waals surface area (Å²) < 4.78 is 5.16. The van der Waals surface area contributed by atoms with E-state index in [1.165, 1.54) is 5.06 Å². The fourth-order valence-electron chi connectivity index (χ4n) is 1.71. The van der Waals surface area contributed by atoms with Crippen LogP contribution in [0.2, 0.25) is 0 Å². The van der Waals surface area contributed by atoms with Gasteiger partial charge in [0.15, 0.2) is 0 Å². The molecule has 0 unspecified atom stereocenters. The molecule has 1 atom stereocenters. The number of benzene rings is 1. The van der Waals surface area contributed by atoms with Crippen LogP contribution in [0, 0.1) is 6.92 Å². The molecule has 1 aromatic rings. The fraction of sp³-hybridized carbons (Fsp3) is 0.417. The Morgan fingerprint density at radius 2 is 2.35 bits per heavy atom. The molecular weight excluding hydrogens is 222 g/mol. The molecule has 0 spiro atoms. The number of hydroxylamine groups is 2. The molecule has 0 saturated carbocycles. The zero-order chi connectivity index (χ0) is 12.4. The van der Waals surface area contributed by atoms with Crippen molar-refractivity contribution >= 4 is 5.91 Å². The Bertz CT molecular complexity index is 433. The molecule has 1 saturated heterocycles. The highest BCUT2D eigenvalue weighted by Crippen LogP contribution is 2.21. The van der Waals surface area contributed by atoms with Gasteiger partial charge < -0.3 is 9.84 Å². The third kappa shape index (κ3) is 2.40. The molecule has 17 heavy (non-hydrogen) atoms. The number of carbonyl (C=O) groups is 1. The molecule has 0 radical (unpaired) electrons. The van der Waals surface area contributed by atoms with E-state index < -0.39 is 6.10 Å². The third-order valence-corrected chi connectivity index (χ3v) is 2.68. The van der Waals surface area contributed by atoms with E-state index in [4.69, 9.17) is 9.57 Å². The van der Waals surface area contributed by atoms with Gasteiger partial charge in [0.05, 0.1) is 13.7 Å². The van der Waals surface area contributed by atoms with Crippen molar-refractivity contribution in [1.82, 2.24) is 5.06 Å². The van der Waals surface area contributed by atoms with E-state index in [1.54, 1.807) is 19.2 Å². The van der Waals surface area contributed by atoms with Gasteiger partial charge in [0.2, 0.25) is 0 Å². The second-order valence-corrected chi connectivity index (χ2v) is 4.00. The molecule has 0 aliphatic carbocycles. The molecular formula is C12H15NO4. The lowest BCUT2D eigenvalue weighted by Gasteiger charge is -2.14. The highest BCUT2D eigenvalue weighted by molar-refractivity contribution is 5.94. The van der Waals surface area contributed by atoms with E-state index in [2.05, 4.69) is 0 Å². The Balaban J connectivity index is 2.19. The quantitative estimate of drug-likeness (QED) is 0.824. The molecule has 1 heterocycles. The van der Waals surface area contributed by atoms with E-state index in [9.17, 15) is 9.90 Å². The molecule has 1 aliphatic rings. The number of ether oxygens (including phenoxy) is 1. The number of hydrogen-bond donors (Lipinski definition) is 1. The first-order chi connectivity index (χ1) is 8.11. The summed E-state index contributed by atoms with van der Waals surface area (Å²) in [5.41, 5.74) is 1.45. The first-order valence-electron chi connectivity index (χ1n) is 5.39. The van der Waals surface area contributed by atoms with Crippen LogP contribution in [-0.4, -0.2) is 42.4 Å². The molecule has 0 aromatic heterocycles. The van der Waals surface area contributed by atoms with Gasteiger partial charge in [0.1, 0.15) is 18.5 Å². The lowest BCUT2D eigenvalue weighted by atomic mass is 10.1. The maximum Gasteiger partial charge on any atom is 0.277 e. The highest BCUT2D eigenvalue weighted by Gasteiger charge is 2.27. The molecule has 1 fully saturated rings. The van der Waals surface area contributed by atoms with Crippen molar-refractivity contribution in [2.24, 2.45) is 0 Å². The van der Waals surface area contributed by atoms with Crippen LogP contribution in [0.5, 0.6) is 5.75 Å². The lowest BCUT2D eigenvalue weighted by Crippen LogP contribution is -2.28. The van der Waals surface area contributed by atoms with Crippen LogP contribution < -0.4 is 4.74 Å². The number of amides is 1. The Labute approximate surface area is 99.5 Å². The first kappa shape index (κ1) is 11.9. The lowest BCUT2D eigenvalue weighted by molar-refractivity contribution is -0.0779. The second-order valence-electron chi connectivity index (χ2n) is 4.00. The third-order valence-electron chi connectivity index (χ3n) is 2.68. The molecule has 1 aliphatic heterocycles. The number of nitrogens with zero attached hydrogens (tertiary/aromatic N) is 1. The minimum absolute atomic E-state index is 0.161. The van der Waals surface area contributed by atoms with Crippen LogP contribution in [0.3, 0.4) is 0 Å². The SMILES string of the molecule is COc1cc(C(=O)N2C[C@@H](O)CO2)ccc1C. The van der Waals surface area contributed by atoms with Gasteiger partial charge in [0.25, 0.3) is 5.91 Å². The number of hydrogen-bond acceptors (Lipinski definition) is 4. The van der Waals surface area contributed by atoms with Crippen molar-refractivity contribution < 1.29 is 19.5 Å². The number of aryl methyl sites for hydroxylation is 1. The predicted octanol–water partition coefficient (Wildman–Crippen LogP) is 0.752. The first-order valence-corrected chi connectivity index (χ1v) is 5.39. The summed E-state index contributed by atoms with van der Waals surface area (Å²) in [6.45, 7) is 2.27. The van der Waals surface area contributed by atoms with E-state index in [0.717, 1.165) is 5.56 Å². The summed E-state index contributed by atoms with van der Waals surface area (Å²) in [5.74, 6) is 0.399. The maximum absolute atomic E-state index is 12.0. The molecule has 5 nitrogen and oxygen atoms in total. The zero-order valence-electron chi connectivity index (χ0n) is 9.84. The molecule has 1 amide bonds. The largest absolute Gasteiger partial charge is 0.496 e. The summed E-state index contributed by atoms with van der Waals surface area (Å²) >= 11 is 0. The molecule has 1 aromatic carbocycles. The average molecular weight is 237 g/mol. The zero-order valence-corrected chi connectivity index (χ0v) is 9.84. The fourth-order valence-corrected chi connectivity index (χ4v) is 1.71. The van der Waals surface area contributed by atoms with Crippen LogP contribution in [0.15, 0.2) is 18.2 Å². The van der Waals surface area contributed by atoms with Gasteiger partial charge in [-0.2, -0.15) is 0 Å². The van der Waals surface area contributed by atoms with Crippen molar-refractivity contribution in [3.8, 4) is 5.75 Å². The monoisotopic (exact) mass is 237 g/mol. The minimum atomic E-state index is -0.605. The molecule has 0 bridgehead atoms. The Hall–Kier alpha value is -1.59. The molecule has 5 heteroatoms. The number of β-amino-alcohol motifs (C(OH)–C–C–N with tert-alkyl or cyclic N) is 1. The number of aliphatic hydroxyl groups is 1. The van der Waals surface area contributed by atoms with Crippen molar-refractivity contribution in [3.05, 3.63) is 29.3 Å². The maximum atomic E-state index is 12.0. The van der Waals surface area contributed by atoms with E-state index in [0.29, 0.717) is 11.3 Å². The van der Waals surface area contributed by atoms with Crippen LogP contribution in [0.4, 0.5) is 0 Å². The van der Waals surface area contributed by atoms with Gasteiger partial charge in [-0.05, 0) is 24.6 Å². The van der Waals surface area contributed by atoms with Gasteiger partial charge in [-0.15, -0.1) is 0 Å². The van der Waals surface area contributed by atoms with E-state index in [1.807, 2.05) is 13.0 Å². The molecule has 92 valence electrons. The Morgan fingerprint density at radius 3 is 2.94 bits per heavy atom. The summed E-state index contributed by atoms with van der Waals surface area (Å²) in [5, 5.41) is 10.5. The standard InChI is InChI=1S/C12H15NO4/c1-8-3-4-9(5-11(8)16-2)12(15)13-6-10(14)7-17-13/h3-5,10,14H,6-7H2,1-2H3/t10-/m1/s1. The molecule has 2 rings (SSSR count). The molecule has 1 N–H and O–H groups in total. The Morgan fingerprint density at radius 1 is 1.59 bits per heavy atom. The summed E-state index contributed by atoms with van der Waals surface area (Å²) in [6.07, 6.45) is -0.605.